The van der Waals surface area contributed by atoms with Gasteiger partial charge in [0.15, 0.2) is 0 Å². The summed E-state index contributed by atoms with van der Waals surface area (Å²) in [5.74, 6) is 0.981. The summed E-state index contributed by atoms with van der Waals surface area (Å²) >= 11 is 0. The first-order chi connectivity index (χ1) is 10.0. The van der Waals surface area contributed by atoms with Crippen LogP contribution < -0.4 is 5.32 Å². The largest absolute Gasteiger partial charge is 0.467 e. The Bertz CT molecular complexity index is 734. The summed E-state index contributed by atoms with van der Waals surface area (Å²) in [5, 5.41) is 3.50. The Balaban J connectivity index is 1.81. The molecule has 0 spiro atoms. The lowest BCUT2D eigenvalue weighted by Gasteiger charge is -2.20. The van der Waals surface area contributed by atoms with Crippen molar-refractivity contribution < 1.29 is 4.42 Å². The fraction of sp³-hybridized carbons (Fsp3) is 0.353. The third kappa shape index (κ3) is 3.16. The van der Waals surface area contributed by atoms with E-state index >= 15 is 0 Å². The second-order valence-corrected chi connectivity index (χ2v) is 6.33. The minimum absolute atomic E-state index is 0.0935. The second kappa shape index (κ2) is 5.37. The number of imidazole rings is 1. The molecule has 2 heterocycles. The lowest BCUT2D eigenvalue weighted by molar-refractivity contribution is 0.417. The van der Waals surface area contributed by atoms with Gasteiger partial charge >= 0.3 is 0 Å². The van der Waals surface area contributed by atoms with E-state index in [4.69, 9.17) is 4.42 Å². The molecule has 1 N–H and O–H groups in total. The minimum Gasteiger partial charge on any atom is -0.467 e. The van der Waals surface area contributed by atoms with E-state index in [0.717, 1.165) is 23.3 Å². The van der Waals surface area contributed by atoms with E-state index in [1.807, 2.05) is 30.6 Å². The number of nitrogens with one attached hydrogen (secondary N) is 1. The average Bonchev–Trinajstić information content (AvgIpc) is 3.04. The number of aromatic nitrogens is 2. The van der Waals surface area contributed by atoms with Crippen molar-refractivity contribution in [1.29, 1.82) is 0 Å². The number of rotatable bonds is 4. The van der Waals surface area contributed by atoms with Crippen molar-refractivity contribution in [2.24, 2.45) is 0 Å². The molecule has 21 heavy (non-hydrogen) atoms. The Morgan fingerprint density at radius 2 is 2.00 bits per heavy atom. The predicted molar refractivity (Wildman–Crippen MR) is 84.1 cm³/mol. The maximum atomic E-state index is 5.66. The van der Waals surface area contributed by atoms with E-state index < -0.39 is 0 Å². The van der Waals surface area contributed by atoms with Gasteiger partial charge in [0.2, 0.25) is 0 Å². The molecule has 0 aliphatic carbocycles. The topological polar surface area (TPSA) is 43.0 Å². The highest BCUT2D eigenvalue weighted by Gasteiger charge is 2.13. The number of benzene rings is 1. The maximum Gasteiger partial charge on any atom is 0.127 e. The number of fused-ring (bicyclic) bond motifs is 1. The monoisotopic (exact) mass is 283 g/mol. The first-order valence-electron chi connectivity index (χ1n) is 7.23. The smallest absolute Gasteiger partial charge is 0.127 e. The summed E-state index contributed by atoms with van der Waals surface area (Å²) in [6.07, 6.45) is 3.63. The number of furan rings is 1. The van der Waals surface area contributed by atoms with Crippen molar-refractivity contribution in [2.75, 3.05) is 0 Å². The summed E-state index contributed by atoms with van der Waals surface area (Å²) in [6.45, 7) is 8.00. The van der Waals surface area contributed by atoms with Gasteiger partial charge in [0, 0.05) is 17.6 Å². The van der Waals surface area contributed by atoms with Gasteiger partial charge in [-0.15, -0.1) is 0 Å². The quantitative estimate of drug-likeness (QED) is 0.796. The Kier molecular flexibility index (Phi) is 3.55. The van der Waals surface area contributed by atoms with Crippen LogP contribution in [-0.4, -0.2) is 15.1 Å². The molecule has 0 amide bonds. The number of para-hydroxylation sites is 2. The minimum atomic E-state index is 0.0935. The molecular formula is C17H21N3O. The number of nitrogens with zero attached hydrogens (tertiary/aromatic N) is 2. The number of hydrogen-bond acceptors (Lipinski definition) is 3. The van der Waals surface area contributed by atoms with Gasteiger partial charge in [0.25, 0.3) is 0 Å². The van der Waals surface area contributed by atoms with Gasteiger partial charge in [-0.3, -0.25) is 0 Å². The summed E-state index contributed by atoms with van der Waals surface area (Å²) in [7, 11) is 0. The zero-order valence-electron chi connectivity index (χ0n) is 12.8. The lowest BCUT2D eigenvalue weighted by atomic mass is 10.1. The standard InChI is InChI=1S/C17H21N3O/c1-17(2,3)19-10-13-8-9-21-16(13)11-20-12-18-14-6-4-5-7-15(14)20/h4-9,12,19H,10-11H2,1-3H3. The van der Waals surface area contributed by atoms with Gasteiger partial charge in [-0.25, -0.2) is 4.98 Å². The predicted octanol–water partition coefficient (Wildman–Crippen LogP) is 3.57. The van der Waals surface area contributed by atoms with Gasteiger partial charge in [0.05, 0.1) is 30.2 Å². The molecule has 4 nitrogen and oxygen atoms in total. The highest BCUT2D eigenvalue weighted by atomic mass is 16.3. The van der Waals surface area contributed by atoms with E-state index in [1.54, 1.807) is 6.26 Å². The Hall–Kier alpha value is -2.07. The maximum absolute atomic E-state index is 5.66. The van der Waals surface area contributed by atoms with Crippen LogP contribution in [-0.2, 0) is 13.1 Å². The van der Waals surface area contributed by atoms with Crippen LogP contribution in [0.3, 0.4) is 0 Å². The van der Waals surface area contributed by atoms with Crippen molar-refractivity contribution in [3.63, 3.8) is 0 Å². The van der Waals surface area contributed by atoms with Crippen LogP contribution in [0.4, 0.5) is 0 Å². The Morgan fingerprint density at radius 1 is 1.19 bits per heavy atom. The molecule has 0 aliphatic heterocycles. The fourth-order valence-electron chi connectivity index (χ4n) is 2.31. The molecule has 1 aromatic carbocycles. The average molecular weight is 283 g/mol. The molecule has 0 aliphatic rings. The van der Waals surface area contributed by atoms with Crippen LogP contribution in [0, 0.1) is 0 Å². The summed E-state index contributed by atoms with van der Waals surface area (Å²) in [4.78, 5) is 4.42. The van der Waals surface area contributed by atoms with Gasteiger partial charge in [-0.2, -0.15) is 0 Å². The molecule has 3 aromatic rings. The molecule has 0 saturated heterocycles. The number of hydrogen-bond donors (Lipinski definition) is 1. The summed E-state index contributed by atoms with van der Waals surface area (Å²) in [6, 6.07) is 10.2. The normalized spacial score (nSPS) is 12.1. The van der Waals surface area contributed by atoms with Crippen LogP contribution >= 0.6 is 0 Å². The summed E-state index contributed by atoms with van der Waals surface area (Å²) < 4.78 is 7.78. The molecular weight excluding hydrogens is 262 g/mol. The van der Waals surface area contributed by atoms with Crippen molar-refractivity contribution in [3.05, 3.63) is 54.2 Å². The van der Waals surface area contributed by atoms with Crippen molar-refractivity contribution in [2.45, 2.75) is 39.4 Å². The van der Waals surface area contributed by atoms with Crippen molar-refractivity contribution in [3.8, 4) is 0 Å². The van der Waals surface area contributed by atoms with Gasteiger partial charge in [-0.1, -0.05) is 12.1 Å². The van der Waals surface area contributed by atoms with E-state index in [1.165, 1.54) is 5.56 Å². The molecule has 0 saturated carbocycles. The fourth-order valence-corrected chi connectivity index (χ4v) is 2.31. The first kappa shape index (κ1) is 13.9. The lowest BCUT2D eigenvalue weighted by Crippen LogP contribution is -2.35. The van der Waals surface area contributed by atoms with Crippen molar-refractivity contribution >= 4 is 11.0 Å². The molecule has 3 rings (SSSR count). The third-order valence-corrected chi connectivity index (χ3v) is 3.49. The van der Waals surface area contributed by atoms with Crippen LogP contribution in [0.5, 0.6) is 0 Å². The second-order valence-electron chi connectivity index (χ2n) is 6.33. The molecule has 2 aromatic heterocycles. The van der Waals surface area contributed by atoms with Gasteiger partial charge < -0.3 is 14.3 Å². The van der Waals surface area contributed by atoms with Crippen LogP contribution in [0.15, 0.2) is 47.3 Å². The molecule has 0 unspecified atom stereocenters. The molecule has 0 atom stereocenters. The van der Waals surface area contributed by atoms with Gasteiger partial charge in [-0.05, 0) is 39.0 Å². The highest BCUT2D eigenvalue weighted by molar-refractivity contribution is 5.75. The molecule has 0 radical (unpaired) electrons. The first-order valence-corrected chi connectivity index (χ1v) is 7.23. The molecule has 4 heteroatoms. The zero-order chi connectivity index (χ0) is 14.9. The van der Waals surface area contributed by atoms with Crippen LogP contribution in [0.2, 0.25) is 0 Å². The van der Waals surface area contributed by atoms with Crippen LogP contribution in [0.1, 0.15) is 32.1 Å². The zero-order valence-corrected chi connectivity index (χ0v) is 12.8. The Labute approximate surface area is 124 Å². The van der Waals surface area contributed by atoms with E-state index in [9.17, 15) is 0 Å². The summed E-state index contributed by atoms with van der Waals surface area (Å²) in [5.41, 5.74) is 3.43. The highest BCUT2D eigenvalue weighted by Crippen LogP contribution is 2.17. The Morgan fingerprint density at radius 3 is 2.81 bits per heavy atom. The van der Waals surface area contributed by atoms with E-state index in [-0.39, 0.29) is 5.54 Å². The van der Waals surface area contributed by atoms with E-state index in [2.05, 4.69) is 41.7 Å². The molecule has 110 valence electrons. The third-order valence-electron chi connectivity index (χ3n) is 3.49. The molecule has 0 fully saturated rings. The van der Waals surface area contributed by atoms with E-state index in [0.29, 0.717) is 6.54 Å². The van der Waals surface area contributed by atoms with Crippen LogP contribution in [0.25, 0.3) is 11.0 Å². The SMILES string of the molecule is CC(C)(C)NCc1ccoc1Cn1cnc2ccccc21. The van der Waals surface area contributed by atoms with Crippen molar-refractivity contribution in [1.82, 2.24) is 14.9 Å². The molecule has 0 bridgehead atoms. The van der Waals surface area contributed by atoms with Gasteiger partial charge in [0.1, 0.15) is 5.76 Å².